The van der Waals surface area contributed by atoms with Crippen molar-refractivity contribution in [2.45, 2.75) is 118 Å². The number of rotatable bonds is 21. The first-order valence-electron chi connectivity index (χ1n) is 22.8. The third-order valence-corrected chi connectivity index (χ3v) is 11.9. The Labute approximate surface area is 423 Å². The number of aliphatic hydroxyl groups is 16. The number of cyclic esters (lactones) is 1. The van der Waals surface area contributed by atoms with Crippen LogP contribution in [0.3, 0.4) is 0 Å². The Morgan fingerprint density at radius 1 is 0.658 bits per heavy atom. The van der Waals surface area contributed by atoms with Gasteiger partial charge in [-0.25, -0.2) is 4.79 Å². The standard InChI is InChI=1S/C23H35NO11.C14H24O11.C9H11N.CH4O.CH4/c1-2-12-3-5-13(6-4-12)7-24-23(33)22(32)18(28)14(15(27)8-25)10-34-11-17-20(30)21(31)19(29)16(9-26)35-17;15-1-6-5(9(17)13(21)14(22)25-6)3-23-4-8-11(19)12(20)10(18)7(2-16)24-8;1-2-8-3-5-9(7-10)6-4-8;1-2;/h2-6,14-22,25-32H,1,7-11H2,(H,24,33);5-13,15-21H,1-4H2;2-6H,1,7,10H2;2H,1H3;1H4. The summed E-state index contributed by atoms with van der Waals surface area (Å²) in [6.45, 7) is 4.05. The van der Waals surface area contributed by atoms with Crippen molar-refractivity contribution in [3.63, 3.8) is 0 Å². The summed E-state index contributed by atoms with van der Waals surface area (Å²) in [6, 6.07) is 15.1. The van der Waals surface area contributed by atoms with Crippen molar-refractivity contribution < 1.29 is 115 Å². The predicted octanol–water partition coefficient (Wildman–Crippen LogP) is -6.37. The second kappa shape index (κ2) is 34.6. The normalized spacial score (nSPS) is 30.3. The predicted molar refractivity (Wildman–Crippen MR) is 258 cm³/mol. The Morgan fingerprint density at radius 3 is 1.52 bits per heavy atom. The number of hydrogen-bond donors (Lipinski definition) is 18. The van der Waals surface area contributed by atoms with Gasteiger partial charge in [0.1, 0.15) is 67.1 Å². The molecule has 0 bridgehead atoms. The molecule has 25 heteroatoms. The summed E-state index contributed by atoms with van der Waals surface area (Å²) in [5.74, 6) is -4.17. The summed E-state index contributed by atoms with van der Waals surface area (Å²) < 4.78 is 26.0. The SMILES string of the molecule is C.C=Cc1ccc(CN)cc1.C=Cc1ccc(CNC(=O)C(O)C(O)C(COCC2OC(CO)C(O)C(O)C2O)C(O)CO)cc1.CO.O=C1OC(CO)C(COCC2OC(CO)C(O)C(O)C2O)C(O)C1O. The van der Waals surface area contributed by atoms with E-state index in [1.54, 1.807) is 30.3 Å². The molecule has 418 valence electrons. The topological polar surface area (TPSA) is 442 Å². The highest BCUT2D eigenvalue weighted by atomic mass is 16.6. The molecule has 0 saturated carbocycles. The lowest BCUT2D eigenvalue weighted by Gasteiger charge is -2.40. The van der Waals surface area contributed by atoms with Gasteiger partial charge in [0, 0.05) is 26.1 Å². The Bertz CT molecular complexity index is 1840. The van der Waals surface area contributed by atoms with Crippen molar-refractivity contribution in [3.8, 4) is 0 Å². The molecule has 5 rings (SSSR count). The zero-order valence-electron chi connectivity index (χ0n) is 39.7. The fourth-order valence-electron chi connectivity index (χ4n) is 7.37. The first kappa shape index (κ1) is 67.0. The molecule has 3 heterocycles. The molecule has 1 amide bonds. The molecule has 18 unspecified atom stereocenters. The van der Waals surface area contributed by atoms with E-state index in [1.807, 2.05) is 30.3 Å². The molecule has 2 aromatic rings. The molecule has 19 N–H and O–H groups in total. The Balaban J connectivity index is 0.000000607. The van der Waals surface area contributed by atoms with Crippen LogP contribution in [0.15, 0.2) is 61.7 Å². The van der Waals surface area contributed by atoms with Gasteiger partial charge < -0.3 is 116 Å². The molecule has 18 atom stereocenters. The molecular weight excluding hydrogens is 973 g/mol. The highest BCUT2D eigenvalue weighted by Gasteiger charge is 2.47. The van der Waals surface area contributed by atoms with Crippen LogP contribution in [0.1, 0.15) is 29.7 Å². The van der Waals surface area contributed by atoms with Crippen LogP contribution in [-0.4, -0.2) is 251 Å². The maximum absolute atomic E-state index is 12.3. The largest absolute Gasteiger partial charge is 0.457 e. The van der Waals surface area contributed by atoms with Gasteiger partial charge in [0.05, 0.1) is 77.1 Å². The van der Waals surface area contributed by atoms with Crippen LogP contribution in [0, 0.1) is 11.8 Å². The lowest BCUT2D eigenvalue weighted by atomic mass is 9.90. The number of hydrogen-bond acceptors (Lipinski definition) is 24. The number of nitrogens with two attached hydrogens (primary N) is 1. The molecule has 3 aliphatic heterocycles. The van der Waals surface area contributed by atoms with Gasteiger partial charge in [-0.2, -0.15) is 0 Å². The van der Waals surface area contributed by atoms with Gasteiger partial charge >= 0.3 is 5.97 Å². The number of carbonyl (C=O) groups is 2. The third kappa shape index (κ3) is 19.6. The molecule has 0 aliphatic carbocycles. The Kier molecular flexibility index (Phi) is 31.7. The fourth-order valence-corrected chi connectivity index (χ4v) is 7.37. The average Bonchev–Trinajstić information content (AvgIpc) is 3.41. The van der Waals surface area contributed by atoms with Gasteiger partial charge in [-0.15, -0.1) is 0 Å². The van der Waals surface area contributed by atoms with Crippen molar-refractivity contribution in [3.05, 3.63) is 83.9 Å². The summed E-state index contributed by atoms with van der Waals surface area (Å²) in [5.41, 5.74) is 9.34. The van der Waals surface area contributed by atoms with E-state index in [-0.39, 0.29) is 33.8 Å². The van der Waals surface area contributed by atoms with Crippen molar-refractivity contribution in [1.82, 2.24) is 5.32 Å². The van der Waals surface area contributed by atoms with Crippen LogP contribution in [0.5, 0.6) is 0 Å². The minimum absolute atomic E-state index is 0. The van der Waals surface area contributed by atoms with Gasteiger partial charge in [0.2, 0.25) is 0 Å². The molecule has 25 nitrogen and oxygen atoms in total. The number of carbonyl (C=O) groups excluding carboxylic acids is 2. The maximum Gasteiger partial charge on any atom is 0.338 e. The lowest BCUT2D eigenvalue weighted by molar-refractivity contribution is -0.242. The summed E-state index contributed by atoms with van der Waals surface area (Å²) in [5, 5.41) is 156. The first-order valence-corrected chi connectivity index (χ1v) is 22.8. The van der Waals surface area contributed by atoms with Gasteiger partial charge in [0.25, 0.3) is 5.91 Å². The van der Waals surface area contributed by atoms with Gasteiger partial charge in [0.15, 0.2) is 12.2 Å². The summed E-state index contributed by atoms with van der Waals surface area (Å²) in [7, 11) is 1.00. The third-order valence-electron chi connectivity index (χ3n) is 11.9. The summed E-state index contributed by atoms with van der Waals surface area (Å²) >= 11 is 0. The van der Waals surface area contributed by atoms with Crippen LogP contribution >= 0.6 is 0 Å². The lowest BCUT2D eigenvalue weighted by Crippen LogP contribution is -2.60. The van der Waals surface area contributed by atoms with E-state index in [4.69, 9.17) is 39.6 Å². The van der Waals surface area contributed by atoms with E-state index in [0.717, 1.165) is 29.4 Å². The minimum Gasteiger partial charge on any atom is -0.457 e. The highest BCUT2D eigenvalue weighted by molar-refractivity contribution is 5.81. The number of esters is 1. The number of amides is 1. The van der Waals surface area contributed by atoms with Crippen LogP contribution in [0.2, 0.25) is 0 Å². The van der Waals surface area contributed by atoms with Gasteiger partial charge in [-0.1, -0.05) is 81.3 Å². The quantitative estimate of drug-likeness (QED) is 0.0517. The monoisotopic (exact) mass is 1050 g/mol. The van der Waals surface area contributed by atoms with E-state index in [9.17, 15) is 81.1 Å². The number of nitrogens with one attached hydrogen (secondary N) is 1. The van der Waals surface area contributed by atoms with Crippen LogP contribution in [0.25, 0.3) is 12.2 Å². The fraction of sp³-hybridized carbons (Fsp3) is 0.625. The molecule has 3 saturated heterocycles. The molecule has 3 fully saturated rings. The first-order chi connectivity index (χ1) is 34.3. The minimum atomic E-state index is -1.95. The molecule has 0 spiro atoms. The van der Waals surface area contributed by atoms with Crippen molar-refractivity contribution >= 4 is 24.0 Å². The van der Waals surface area contributed by atoms with Crippen molar-refractivity contribution in [1.29, 1.82) is 0 Å². The highest BCUT2D eigenvalue weighted by Crippen LogP contribution is 2.26. The second-order valence-electron chi connectivity index (χ2n) is 16.7. The zero-order chi connectivity index (χ0) is 54.2. The molecular formula is C48H78N2O23. The van der Waals surface area contributed by atoms with E-state index < -0.39 is 154 Å². The average molecular weight is 1050 g/mol. The zero-order valence-corrected chi connectivity index (χ0v) is 39.7. The smallest absolute Gasteiger partial charge is 0.338 e. The van der Waals surface area contributed by atoms with E-state index in [2.05, 4.69) is 18.5 Å². The molecule has 2 aromatic carbocycles. The van der Waals surface area contributed by atoms with Crippen LogP contribution in [-0.2, 0) is 46.4 Å². The van der Waals surface area contributed by atoms with Gasteiger partial charge in [-0.05, 0) is 22.3 Å². The molecule has 3 aliphatic rings. The Hall–Kier alpha value is -3.98. The van der Waals surface area contributed by atoms with E-state index in [1.165, 1.54) is 0 Å². The van der Waals surface area contributed by atoms with Gasteiger partial charge in [-0.3, -0.25) is 4.79 Å². The summed E-state index contributed by atoms with van der Waals surface area (Å²) in [6.07, 6.45) is -19.8. The van der Waals surface area contributed by atoms with Crippen molar-refractivity contribution in [2.24, 2.45) is 17.6 Å². The van der Waals surface area contributed by atoms with E-state index in [0.29, 0.717) is 6.54 Å². The summed E-state index contributed by atoms with van der Waals surface area (Å²) in [4.78, 5) is 23.7. The molecule has 73 heavy (non-hydrogen) atoms. The van der Waals surface area contributed by atoms with Crippen LogP contribution < -0.4 is 11.1 Å². The number of benzene rings is 2. The number of aliphatic hydroxyl groups excluding tert-OH is 16. The number of ether oxygens (including phenoxy) is 5. The molecule has 0 aromatic heterocycles. The van der Waals surface area contributed by atoms with Crippen LogP contribution in [0.4, 0.5) is 0 Å². The second-order valence-corrected chi connectivity index (χ2v) is 16.7. The van der Waals surface area contributed by atoms with E-state index >= 15 is 0 Å². The molecule has 0 radical (unpaired) electrons. The van der Waals surface area contributed by atoms with Crippen molar-refractivity contribution in [2.75, 3.05) is 60.0 Å². The Morgan fingerprint density at radius 2 is 1.10 bits per heavy atom. The maximum atomic E-state index is 12.3.